The summed E-state index contributed by atoms with van der Waals surface area (Å²) in [5, 5.41) is 23.0. The molecule has 0 heterocycles. The average Bonchev–Trinajstić information content (AvgIpc) is 2.76. The van der Waals surface area contributed by atoms with Crippen LogP contribution in [0.15, 0.2) is 79.9 Å². The minimum Gasteiger partial charge on any atom is -0.741 e. The summed E-state index contributed by atoms with van der Waals surface area (Å²) in [6.45, 7) is 0. The Kier molecular flexibility index (Phi) is 11.5. The van der Waals surface area contributed by atoms with Crippen molar-refractivity contribution in [1.82, 2.24) is 10.6 Å². The Labute approximate surface area is 197 Å². The van der Waals surface area contributed by atoms with E-state index in [9.17, 15) is 0 Å². The smallest absolute Gasteiger partial charge is 0.741 e. The summed E-state index contributed by atoms with van der Waals surface area (Å²) >= 11 is 11.9. The summed E-state index contributed by atoms with van der Waals surface area (Å²) in [5.41, 5.74) is 2.76. The van der Waals surface area contributed by atoms with Gasteiger partial charge in [-0.2, -0.15) is 10.2 Å². The fourth-order valence-corrected chi connectivity index (χ4v) is 2.61. The number of nitrogens with zero attached hydrogens (tertiary/aromatic N) is 4. The molecule has 0 fully saturated rings. The van der Waals surface area contributed by atoms with Gasteiger partial charge in [0.25, 0.3) is 0 Å². The van der Waals surface area contributed by atoms with Gasteiger partial charge in [0.15, 0.2) is 0 Å². The van der Waals surface area contributed by atoms with Crippen molar-refractivity contribution in [2.24, 2.45) is 20.4 Å². The summed E-state index contributed by atoms with van der Waals surface area (Å²) < 4.78 is 0. The van der Waals surface area contributed by atoms with Crippen LogP contribution in [-0.2, 0) is 42.3 Å². The van der Waals surface area contributed by atoms with Crippen LogP contribution >= 0.6 is 11.8 Å². The van der Waals surface area contributed by atoms with Gasteiger partial charge in [0.05, 0.1) is 0 Å². The molecule has 2 aromatic rings. The molecule has 0 aromatic heterocycles. The van der Waals surface area contributed by atoms with E-state index in [4.69, 9.17) is 25.3 Å². The fourth-order valence-electron chi connectivity index (χ4n) is 2.12. The van der Waals surface area contributed by atoms with Crippen LogP contribution in [0.1, 0.15) is 11.1 Å². The quantitative estimate of drug-likeness (QED) is 0.162. The third kappa shape index (κ3) is 7.75. The summed E-state index contributed by atoms with van der Waals surface area (Å²) in [6.07, 6.45) is 2.03. The van der Waals surface area contributed by atoms with Crippen molar-refractivity contribution >= 4 is 58.8 Å². The van der Waals surface area contributed by atoms with Gasteiger partial charge < -0.3 is 35.9 Å². The van der Waals surface area contributed by atoms with Crippen LogP contribution in [0, 0.1) is 0 Å². The first-order chi connectivity index (χ1) is 13.6. The average molecular weight is 492 g/mol. The van der Waals surface area contributed by atoms with Gasteiger partial charge in [-0.1, -0.05) is 42.5 Å². The minimum atomic E-state index is 0. The Morgan fingerprint density at radius 1 is 0.724 bits per heavy atom. The Balaban J connectivity index is 0.00000420. The van der Waals surface area contributed by atoms with Crippen LogP contribution < -0.4 is 10.6 Å². The first-order valence-corrected chi connectivity index (χ1v) is 10.3. The summed E-state index contributed by atoms with van der Waals surface area (Å²) in [4.78, 5) is 1.14. The Morgan fingerprint density at radius 3 is 1.59 bits per heavy atom. The van der Waals surface area contributed by atoms with E-state index in [1.807, 2.05) is 60.9 Å². The van der Waals surface area contributed by atoms with Gasteiger partial charge in [-0.3, -0.25) is 0 Å². The number of rotatable bonds is 6. The summed E-state index contributed by atoms with van der Waals surface area (Å²) in [7, 11) is 3.39. The SMILES string of the molecule is CN/C([S-])=N/N=C(/C(=N/N=C(\[S-])NC)c1ccc(SC)cc1)c1ccccc1.[Cu+2]. The minimum absolute atomic E-state index is 0. The molecule has 0 saturated carbocycles. The Hall–Kier alpha value is -1.97. The normalized spacial score (nSPS) is 12.9. The van der Waals surface area contributed by atoms with E-state index >= 15 is 0 Å². The first-order valence-electron chi connectivity index (χ1n) is 8.30. The molecule has 0 aliphatic rings. The van der Waals surface area contributed by atoms with Crippen LogP contribution in [0.25, 0.3) is 0 Å². The molecule has 0 saturated heterocycles. The molecule has 10 heteroatoms. The Bertz CT molecular complexity index is 896. The second-order valence-corrected chi connectivity index (χ2v) is 6.96. The van der Waals surface area contributed by atoms with Crippen LogP contribution in [-0.4, -0.2) is 42.1 Å². The number of hydrogen-bond donors (Lipinski definition) is 2. The number of nitrogens with one attached hydrogen (secondary N) is 2. The Morgan fingerprint density at radius 2 is 1.17 bits per heavy atom. The maximum atomic E-state index is 5.11. The van der Waals surface area contributed by atoms with Gasteiger partial charge in [0, 0.05) is 30.1 Å². The van der Waals surface area contributed by atoms with Crippen molar-refractivity contribution in [2.45, 2.75) is 4.90 Å². The third-order valence-electron chi connectivity index (χ3n) is 3.54. The zero-order chi connectivity index (χ0) is 20.4. The molecule has 2 aromatic carbocycles. The first kappa shape index (κ1) is 25.1. The van der Waals surface area contributed by atoms with Gasteiger partial charge in [-0.25, -0.2) is 0 Å². The molecule has 155 valence electrons. The molecule has 29 heavy (non-hydrogen) atoms. The maximum absolute atomic E-state index is 5.11. The van der Waals surface area contributed by atoms with E-state index in [1.54, 1.807) is 25.9 Å². The summed E-state index contributed by atoms with van der Waals surface area (Å²) in [5.74, 6) is 0. The van der Waals surface area contributed by atoms with E-state index < -0.39 is 0 Å². The zero-order valence-electron chi connectivity index (χ0n) is 16.0. The molecule has 1 radical (unpaired) electrons. The third-order valence-corrected chi connectivity index (χ3v) is 4.86. The van der Waals surface area contributed by atoms with Crippen molar-refractivity contribution in [3.8, 4) is 0 Å². The number of thioether (sulfide) groups is 1. The molecular weight excluding hydrogens is 472 g/mol. The van der Waals surface area contributed by atoms with E-state index in [1.165, 1.54) is 0 Å². The van der Waals surface area contributed by atoms with Crippen molar-refractivity contribution in [1.29, 1.82) is 0 Å². The van der Waals surface area contributed by atoms with E-state index in [0.29, 0.717) is 11.4 Å². The van der Waals surface area contributed by atoms with E-state index in [0.717, 1.165) is 16.0 Å². The van der Waals surface area contributed by atoms with Gasteiger partial charge in [0.2, 0.25) is 0 Å². The topological polar surface area (TPSA) is 73.5 Å². The van der Waals surface area contributed by atoms with Crippen molar-refractivity contribution < 1.29 is 17.1 Å². The van der Waals surface area contributed by atoms with Gasteiger partial charge in [-0.05, 0) is 28.7 Å². The van der Waals surface area contributed by atoms with Crippen molar-refractivity contribution in [2.75, 3.05) is 20.4 Å². The van der Waals surface area contributed by atoms with Gasteiger partial charge in [0.1, 0.15) is 11.4 Å². The molecule has 0 aliphatic carbocycles. The fraction of sp³-hybridized carbons (Fsp3) is 0.158. The largest absolute Gasteiger partial charge is 2.00 e. The van der Waals surface area contributed by atoms with Crippen LogP contribution in [0.3, 0.4) is 0 Å². The molecule has 0 atom stereocenters. The second kappa shape index (κ2) is 13.3. The van der Waals surface area contributed by atoms with Crippen LogP contribution in [0.4, 0.5) is 0 Å². The van der Waals surface area contributed by atoms with Crippen LogP contribution in [0.5, 0.6) is 0 Å². The van der Waals surface area contributed by atoms with Crippen LogP contribution in [0.2, 0.25) is 0 Å². The second-order valence-electron chi connectivity index (χ2n) is 5.30. The summed E-state index contributed by atoms with van der Waals surface area (Å²) in [6, 6.07) is 17.6. The molecule has 2 N–H and O–H groups in total. The van der Waals surface area contributed by atoms with E-state index in [-0.39, 0.29) is 27.4 Å². The van der Waals surface area contributed by atoms with Crippen molar-refractivity contribution in [3.05, 3.63) is 65.7 Å². The molecule has 0 spiro atoms. The predicted molar refractivity (Wildman–Crippen MR) is 125 cm³/mol. The predicted octanol–water partition coefficient (Wildman–Crippen LogP) is 2.76. The standard InChI is InChI=1S/C19H22N6S3.Cu/c1-20-18(26)24-22-16(13-7-5-4-6-8-13)17(23-25-19(27)21-2)14-9-11-15(28-3)12-10-14;/h4-12H,1-3H3,(H2,20,24,26)(H2,21,25,27);/q;+2/p-2/b22-16+,23-17+;. The number of hydrogen-bond acceptors (Lipinski definition) is 7. The monoisotopic (exact) mass is 491 g/mol. The maximum Gasteiger partial charge on any atom is 2.00 e. The molecule has 0 aliphatic heterocycles. The number of amidine groups is 2. The zero-order valence-corrected chi connectivity index (χ0v) is 19.4. The molecule has 0 amide bonds. The molecular formula is C19H20CuN6S3. The molecule has 6 nitrogen and oxygen atoms in total. The number of benzene rings is 2. The molecule has 0 unspecified atom stereocenters. The molecule has 2 rings (SSSR count). The van der Waals surface area contributed by atoms with E-state index in [2.05, 4.69) is 31.0 Å². The van der Waals surface area contributed by atoms with Gasteiger partial charge in [-0.15, -0.1) is 22.0 Å². The van der Waals surface area contributed by atoms with Crippen molar-refractivity contribution in [3.63, 3.8) is 0 Å². The molecule has 0 bridgehead atoms. The van der Waals surface area contributed by atoms with Gasteiger partial charge >= 0.3 is 17.1 Å².